The molecule has 6 heteroatoms. The van der Waals surface area contributed by atoms with Gasteiger partial charge in [0.05, 0.1) is 6.42 Å². The van der Waals surface area contributed by atoms with E-state index in [0.717, 1.165) is 50.3 Å². The minimum absolute atomic E-state index is 0.00466. The molecule has 5 aromatic carbocycles. The lowest BCUT2D eigenvalue weighted by molar-refractivity contribution is -0.136. The molecule has 0 saturated carbocycles. The summed E-state index contributed by atoms with van der Waals surface area (Å²) in [5, 5.41) is 14.3. The number of aryl methyl sites for hydroxylation is 1. The maximum absolute atomic E-state index is 13.6. The van der Waals surface area contributed by atoms with E-state index in [9.17, 15) is 9.59 Å². The van der Waals surface area contributed by atoms with E-state index in [2.05, 4.69) is 23.5 Å². The third kappa shape index (κ3) is 7.30. The Morgan fingerprint density at radius 2 is 1.45 bits per heavy atom. The van der Waals surface area contributed by atoms with Crippen LogP contribution in [0.25, 0.3) is 10.8 Å². The summed E-state index contributed by atoms with van der Waals surface area (Å²) in [4.78, 5) is 28.4. The summed E-state index contributed by atoms with van der Waals surface area (Å²) in [5.74, 6) is -0.845. The summed E-state index contributed by atoms with van der Waals surface area (Å²) < 4.78 is 0. The summed E-state index contributed by atoms with van der Waals surface area (Å²) in [6, 6.07) is 39.7. The Kier molecular flexibility index (Phi) is 8.79. The Hall–Kier alpha value is -4.55. The standard InChI is InChI=1S/C34H30N2O3S/c37-33(38)22-26-15-19-31(20-16-26)40-32-14-6-13-30(24-32)36(21-7-10-25-8-2-1-3-9-25)34(39)35-29-18-17-27-11-4-5-12-28(27)23-29/h1-6,8-9,11-20,23-24H,7,10,21-22H2,(H,35,39)(H,37,38). The Balaban J connectivity index is 1.35. The van der Waals surface area contributed by atoms with Crippen LogP contribution in [0.5, 0.6) is 0 Å². The fourth-order valence-electron chi connectivity index (χ4n) is 4.59. The molecule has 0 fully saturated rings. The molecule has 0 spiro atoms. The third-order valence-electron chi connectivity index (χ3n) is 6.58. The molecule has 0 unspecified atom stereocenters. The Morgan fingerprint density at radius 3 is 2.23 bits per heavy atom. The van der Waals surface area contributed by atoms with Gasteiger partial charge in [0, 0.05) is 27.7 Å². The maximum atomic E-state index is 13.6. The number of anilines is 2. The number of hydrogen-bond acceptors (Lipinski definition) is 3. The van der Waals surface area contributed by atoms with Gasteiger partial charge in [-0.05, 0) is 77.2 Å². The average molecular weight is 547 g/mol. The van der Waals surface area contributed by atoms with E-state index in [1.54, 1.807) is 16.7 Å². The van der Waals surface area contributed by atoms with E-state index in [-0.39, 0.29) is 12.5 Å². The molecular weight excluding hydrogens is 516 g/mol. The second-order valence-corrected chi connectivity index (χ2v) is 10.7. The summed E-state index contributed by atoms with van der Waals surface area (Å²) >= 11 is 1.58. The summed E-state index contributed by atoms with van der Waals surface area (Å²) in [7, 11) is 0. The molecule has 0 aliphatic carbocycles. The zero-order chi connectivity index (χ0) is 27.7. The van der Waals surface area contributed by atoms with Crippen molar-refractivity contribution in [3.05, 3.63) is 132 Å². The van der Waals surface area contributed by atoms with Crippen molar-refractivity contribution < 1.29 is 14.7 Å². The van der Waals surface area contributed by atoms with Crippen LogP contribution in [-0.2, 0) is 17.6 Å². The van der Waals surface area contributed by atoms with Crippen molar-refractivity contribution in [2.45, 2.75) is 29.1 Å². The number of benzene rings is 5. The quantitative estimate of drug-likeness (QED) is 0.185. The van der Waals surface area contributed by atoms with Crippen LogP contribution < -0.4 is 10.2 Å². The number of urea groups is 1. The molecule has 5 rings (SSSR count). The molecule has 0 radical (unpaired) electrons. The van der Waals surface area contributed by atoms with Gasteiger partial charge < -0.3 is 10.4 Å². The predicted molar refractivity (Wildman–Crippen MR) is 163 cm³/mol. The lowest BCUT2D eigenvalue weighted by Crippen LogP contribution is -2.36. The van der Waals surface area contributed by atoms with E-state index < -0.39 is 5.97 Å². The van der Waals surface area contributed by atoms with Gasteiger partial charge in [-0.1, -0.05) is 90.6 Å². The van der Waals surface area contributed by atoms with Crippen LogP contribution in [0.4, 0.5) is 16.2 Å². The first-order valence-electron chi connectivity index (χ1n) is 13.2. The van der Waals surface area contributed by atoms with E-state index in [1.165, 1.54) is 5.56 Å². The number of nitrogens with zero attached hydrogens (tertiary/aromatic N) is 1. The first kappa shape index (κ1) is 27.0. The van der Waals surface area contributed by atoms with Gasteiger partial charge in [-0.3, -0.25) is 9.69 Å². The lowest BCUT2D eigenvalue weighted by Gasteiger charge is -2.24. The molecule has 5 aromatic rings. The number of fused-ring (bicyclic) bond motifs is 1. The molecule has 200 valence electrons. The van der Waals surface area contributed by atoms with Gasteiger partial charge in [-0.15, -0.1) is 0 Å². The fourth-order valence-corrected chi connectivity index (χ4v) is 5.46. The molecule has 0 aromatic heterocycles. The summed E-state index contributed by atoms with van der Waals surface area (Å²) in [5.41, 5.74) is 3.58. The molecule has 0 saturated heterocycles. The minimum atomic E-state index is -0.845. The number of carbonyl (C=O) groups is 2. The van der Waals surface area contributed by atoms with Gasteiger partial charge in [0.2, 0.25) is 0 Å². The number of nitrogens with one attached hydrogen (secondary N) is 1. The van der Waals surface area contributed by atoms with Crippen LogP contribution in [0.1, 0.15) is 17.5 Å². The molecule has 0 aliphatic heterocycles. The topological polar surface area (TPSA) is 69.6 Å². The van der Waals surface area contributed by atoms with Crippen molar-refractivity contribution in [2.24, 2.45) is 0 Å². The number of carbonyl (C=O) groups excluding carboxylic acids is 1. The minimum Gasteiger partial charge on any atom is -0.481 e. The van der Waals surface area contributed by atoms with Gasteiger partial charge in [-0.25, -0.2) is 4.79 Å². The van der Waals surface area contributed by atoms with Crippen LogP contribution in [0.3, 0.4) is 0 Å². The van der Waals surface area contributed by atoms with Gasteiger partial charge in [-0.2, -0.15) is 0 Å². The average Bonchev–Trinajstić information content (AvgIpc) is 2.97. The van der Waals surface area contributed by atoms with E-state index >= 15 is 0 Å². The molecule has 0 bridgehead atoms. The van der Waals surface area contributed by atoms with E-state index in [0.29, 0.717) is 6.54 Å². The number of aliphatic carboxylic acids is 1. The highest BCUT2D eigenvalue weighted by atomic mass is 32.2. The molecule has 0 heterocycles. The zero-order valence-corrected chi connectivity index (χ0v) is 22.8. The van der Waals surface area contributed by atoms with Crippen LogP contribution in [0.2, 0.25) is 0 Å². The van der Waals surface area contributed by atoms with Crippen LogP contribution in [-0.4, -0.2) is 23.7 Å². The highest BCUT2D eigenvalue weighted by Crippen LogP contribution is 2.31. The van der Waals surface area contributed by atoms with Gasteiger partial charge >= 0.3 is 12.0 Å². The molecule has 40 heavy (non-hydrogen) atoms. The van der Waals surface area contributed by atoms with Crippen LogP contribution in [0.15, 0.2) is 131 Å². The highest BCUT2D eigenvalue weighted by Gasteiger charge is 2.17. The highest BCUT2D eigenvalue weighted by molar-refractivity contribution is 7.99. The van der Waals surface area contributed by atoms with E-state index in [4.69, 9.17) is 5.11 Å². The molecule has 0 aliphatic rings. The number of rotatable bonds is 10. The Labute approximate surface area is 238 Å². The number of hydrogen-bond donors (Lipinski definition) is 2. The molecule has 2 N–H and O–H groups in total. The number of amides is 2. The molecular formula is C34H30N2O3S. The smallest absolute Gasteiger partial charge is 0.326 e. The zero-order valence-electron chi connectivity index (χ0n) is 22.0. The second-order valence-electron chi connectivity index (χ2n) is 9.55. The maximum Gasteiger partial charge on any atom is 0.326 e. The van der Waals surface area contributed by atoms with Crippen LogP contribution in [0, 0.1) is 0 Å². The van der Waals surface area contributed by atoms with Gasteiger partial charge in [0.1, 0.15) is 0 Å². The SMILES string of the molecule is O=C(O)Cc1ccc(Sc2cccc(N(CCCc3ccccc3)C(=O)Nc3ccc4ccccc4c3)c2)cc1. The van der Waals surface area contributed by atoms with Gasteiger partial charge in [0.15, 0.2) is 0 Å². The lowest BCUT2D eigenvalue weighted by atomic mass is 10.1. The Bertz CT molecular complexity index is 1600. The fraction of sp³-hybridized carbons (Fsp3) is 0.118. The van der Waals surface area contributed by atoms with Crippen molar-refractivity contribution in [2.75, 3.05) is 16.8 Å². The van der Waals surface area contributed by atoms with E-state index in [1.807, 2.05) is 103 Å². The van der Waals surface area contributed by atoms with Gasteiger partial charge in [0.25, 0.3) is 0 Å². The van der Waals surface area contributed by atoms with Crippen molar-refractivity contribution in [1.29, 1.82) is 0 Å². The first-order valence-corrected chi connectivity index (χ1v) is 14.0. The predicted octanol–water partition coefficient (Wildman–Crippen LogP) is 8.29. The third-order valence-corrected chi connectivity index (χ3v) is 7.58. The van der Waals surface area contributed by atoms with Crippen molar-refractivity contribution in [1.82, 2.24) is 0 Å². The first-order chi connectivity index (χ1) is 19.5. The Morgan fingerprint density at radius 1 is 0.700 bits per heavy atom. The normalized spacial score (nSPS) is 10.8. The monoisotopic (exact) mass is 546 g/mol. The number of carboxylic acids is 1. The van der Waals surface area contributed by atoms with Crippen molar-refractivity contribution >= 4 is 45.9 Å². The van der Waals surface area contributed by atoms with Crippen molar-refractivity contribution in [3.63, 3.8) is 0 Å². The number of carboxylic acid groups (broad SMARTS) is 1. The molecule has 5 nitrogen and oxygen atoms in total. The van der Waals surface area contributed by atoms with Crippen molar-refractivity contribution in [3.8, 4) is 0 Å². The van der Waals surface area contributed by atoms with Crippen LogP contribution >= 0.6 is 11.8 Å². The molecule has 0 atom stereocenters. The largest absolute Gasteiger partial charge is 0.481 e. The molecule has 2 amide bonds. The second kappa shape index (κ2) is 13.0. The summed E-state index contributed by atoms with van der Waals surface area (Å²) in [6.07, 6.45) is 1.69. The summed E-state index contributed by atoms with van der Waals surface area (Å²) in [6.45, 7) is 0.562.